The molecule has 0 atom stereocenters. The van der Waals surface area contributed by atoms with E-state index in [-0.39, 0.29) is 0 Å². The minimum atomic E-state index is 0.624. The molecule has 1 aliphatic carbocycles. The summed E-state index contributed by atoms with van der Waals surface area (Å²) in [4.78, 5) is 0. The summed E-state index contributed by atoms with van der Waals surface area (Å²) in [7, 11) is 0. The first kappa shape index (κ1) is 13.8. The summed E-state index contributed by atoms with van der Waals surface area (Å²) < 4.78 is 3.21. The number of halogens is 1. The van der Waals surface area contributed by atoms with Crippen LogP contribution in [0.4, 0.5) is 0 Å². The number of aromatic nitrogens is 3. The fourth-order valence-corrected chi connectivity index (χ4v) is 3.61. The lowest BCUT2D eigenvalue weighted by Crippen LogP contribution is -2.05. The SMILES string of the molecule is C=Cc1ccc(Cn2nnc(C3CCCC3)c2I)cc1. The average molecular weight is 379 g/mol. The number of hydrogen-bond donors (Lipinski definition) is 0. The molecule has 0 amide bonds. The van der Waals surface area contributed by atoms with Gasteiger partial charge >= 0.3 is 0 Å². The maximum atomic E-state index is 4.42. The molecule has 3 nitrogen and oxygen atoms in total. The van der Waals surface area contributed by atoms with Crippen LogP contribution in [0, 0.1) is 3.70 Å². The van der Waals surface area contributed by atoms with Crippen LogP contribution >= 0.6 is 22.6 Å². The van der Waals surface area contributed by atoms with Gasteiger partial charge in [-0.2, -0.15) is 0 Å². The Morgan fingerprint density at radius 3 is 2.60 bits per heavy atom. The van der Waals surface area contributed by atoms with Crippen LogP contribution in [0.25, 0.3) is 6.08 Å². The molecular formula is C16H18IN3. The Bertz CT molecular complexity index is 595. The van der Waals surface area contributed by atoms with Gasteiger partial charge in [0.2, 0.25) is 0 Å². The van der Waals surface area contributed by atoms with Gasteiger partial charge in [-0.25, -0.2) is 4.68 Å². The van der Waals surface area contributed by atoms with Crippen LogP contribution in [0.1, 0.15) is 48.4 Å². The van der Waals surface area contributed by atoms with Gasteiger partial charge in [0, 0.05) is 5.92 Å². The predicted octanol–water partition coefficient (Wildman–Crippen LogP) is 4.23. The number of benzene rings is 1. The zero-order valence-electron chi connectivity index (χ0n) is 11.4. The highest BCUT2D eigenvalue weighted by molar-refractivity contribution is 14.1. The minimum absolute atomic E-state index is 0.624. The van der Waals surface area contributed by atoms with Crippen molar-refractivity contribution in [2.24, 2.45) is 0 Å². The summed E-state index contributed by atoms with van der Waals surface area (Å²) in [5.74, 6) is 0.624. The zero-order valence-corrected chi connectivity index (χ0v) is 13.6. The summed E-state index contributed by atoms with van der Waals surface area (Å²) in [6.45, 7) is 4.56. The molecule has 3 rings (SSSR count). The lowest BCUT2D eigenvalue weighted by Gasteiger charge is -2.06. The summed E-state index contributed by atoms with van der Waals surface area (Å²) in [6, 6.07) is 8.43. The van der Waals surface area contributed by atoms with E-state index in [1.54, 1.807) is 0 Å². The number of nitrogens with zero attached hydrogens (tertiary/aromatic N) is 3. The van der Waals surface area contributed by atoms with Crippen LogP contribution in [0.15, 0.2) is 30.8 Å². The molecule has 0 saturated heterocycles. The number of rotatable bonds is 4. The van der Waals surface area contributed by atoms with Crippen molar-refractivity contribution in [1.82, 2.24) is 15.0 Å². The largest absolute Gasteiger partial charge is 0.234 e. The monoisotopic (exact) mass is 379 g/mol. The van der Waals surface area contributed by atoms with Gasteiger partial charge in [0.25, 0.3) is 0 Å². The average Bonchev–Trinajstić information content (AvgIpc) is 3.11. The van der Waals surface area contributed by atoms with E-state index in [0.717, 1.165) is 12.1 Å². The number of hydrogen-bond acceptors (Lipinski definition) is 2. The summed E-state index contributed by atoms with van der Waals surface area (Å²) in [6.07, 6.45) is 7.06. The van der Waals surface area contributed by atoms with Crippen molar-refractivity contribution >= 4 is 28.7 Å². The molecule has 1 aromatic heterocycles. The third-order valence-electron chi connectivity index (χ3n) is 3.99. The van der Waals surface area contributed by atoms with Gasteiger partial charge < -0.3 is 0 Å². The molecule has 0 N–H and O–H groups in total. The molecule has 0 unspecified atom stereocenters. The van der Waals surface area contributed by atoms with Crippen molar-refractivity contribution in [1.29, 1.82) is 0 Å². The van der Waals surface area contributed by atoms with E-state index >= 15 is 0 Å². The van der Waals surface area contributed by atoms with Crippen LogP contribution in [0.2, 0.25) is 0 Å². The van der Waals surface area contributed by atoms with Gasteiger partial charge in [-0.05, 0) is 46.6 Å². The van der Waals surface area contributed by atoms with Gasteiger partial charge in [-0.1, -0.05) is 55.0 Å². The Morgan fingerprint density at radius 2 is 1.95 bits per heavy atom. The van der Waals surface area contributed by atoms with Crippen LogP contribution in [0.5, 0.6) is 0 Å². The lowest BCUT2D eigenvalue weighted by atomic mass is 10.1. The van der Waals surface area contributed by atoms with Crippen LogP contribution in [0.3, 0.4) is 0 Å². The van der Waals surface area contributed by atoms with E-state index < -0.39 is 0 Å². The maximum absolute atomic E-state index is 4.42. The molecule has 1 fully saturated rings. The predicted molar refractivity (Wildman–Crippen MR) is 89.6 cm³/mol. The third-order valence-corrected chi connectivity index (χ3v) is 5.10. The Morgan fingerprint density at radius 1 is 1.25 bits per heavy atom. The molecule has 1 saturated carbocycles. The van der Waals surface area contributed by atoms with Crippen molar-refractivity contribution in [3.8, 4) is 0 Å². The molecule has 0 bridgehead atoms. The normalized spacial score (nSPS) is 15.7. The molecule has 4 heteroatoms. The Kier molecular flexibility index (Phi) is 4.19. The molecule has 0 spiro atoms. The molecule has 104 valence electrons. The van der Waals surface area contributed by atoms with Crippen molar-refractivity contribution in [2.75, 3.05) is 0 Å². The van der Waals surface area contributed by atoms with E-state index in [2.05, 4.69) is 63.7 Å². The topological polar surface area (TPSA) is 30.7 Å². The highest BCUT2D eigenvalue weighted by Gasteiger charge is 2.23. The smallest absolute Gasteiger partial charge is 0.123 e. The fraction of sp³-hybridized carbons (Fsp3) is 0.375. The van der Waals surface area contributed by atoms with Crippen molar-refractivity contribution < 1.29 is 0 Å². The van der Waals surface area contributed by atoms with E-state index in [1.807, 2.05) is 10.8 Å². The first-order valence-corrected chi connectivity index (χ1v) is 8.16. The molecule has 1 aliphatic rings. The third kappa shape index (κ3) is 2.80. The van der Waals surface area contributed by atoms with Gasteiger partial charge in [0.15, 0.2) is 0 Å². The van der Waals surface area contributed by atoms with Gasteiger partial charge in [0.1, 0.15) is 3.70 Å². The first-order valence-electron chi connectivity index (χ1n) is 7.08. The second kappa shape index (κ2) is 6.08. The van der Waals surface area contributed by atoms with Crippen molar-refractivity contribution in [3.05, 3.63) is 51.4 Å². The Labute approximate surface area is 133 Å². The second-order valence-electron chi connectivity index (χ2n) is 5.35. The van der Waals surface area contributed by atoms with E-state index in [4.69, 9.17) is 0 Å². The standard InChI is InChI=1S/C16H18IN3/c1-2-12-7-9-13(10-8-12)11-20-16(17)15(18-19-20)14-5-3-4-6-14/h2,7-10,14H,1,3-6,11H2. The molecule has 0 aliphatic heterocycles. The highest BCUT2D eigenvalue weighted by Crippen LogP contribution is 2.34. The molecule has 0 radical (unpaired) electrons. The van der Waals surface area contributed by atoms with Crippen LogP contribution in [-0.2, 0) is 6.54 Å². The molecule has 2 aromatic rings. The van der Waals surface area contributed by atoms with Gasteiger partial charge in [0.05, 0.1) is 12.2 Å². The highest BCUT2D eigenvalue weighted by atomic mass is 127. The van der Waals surface area contributed by atoms with Crippen LogP contribution < -0.4 is 0 Å². The Hall–Kier alpha value is -1.17. The first-order chi connectivity index (χ1) is 9.78. The minimum Gasteiger partial charge on any atom is -0.234 e. The Balaban J connectivity index is 1.78. The lowest BCUT2D eigenvalue weighted by molar-refractivity contribution is 0.636. The summed E-state index contributed by atoms with van der Waals surface area (Å²) in [5, 5.41) is 8.75. The van der Waals surface area contributed by atoms with Crippen molar-refractivity contribution in [3.63, 3.8) is 0 Å². The second-order valence-corrected chi connectivity index (χ2v) is 6.37. The zero-order chi connectivity index (χ0) is 13.9. The molecule has 1 aromatic carbocycles. The fourth-order valence-electron chi connectivity index (χ4n) is 2.80. The van der Waals surface area contributed by atoms with Crippen LogP contribution in [-0.4, -0.2) is 15.0 Å². The van der Waals surface area contributed by atoms with Crippen molar-refractivity contribution in [2.45, 2.75) is 38.1 Å². The van der Waals surface area contributed by atoms with E-state index in [1.165, 1.54) is 40.6 Å². The van der Waals surface area contributed by atoms with Gasteiger partial charge in [-0.3, -0.25) is 0 Å². The van der Waals surface area contributed by atoms with Gasteiger partial charge in [-0.15, -0.1) is 5.10 Å². The quantitative estimate of drug-likeness (QED) is 0.745. The van der Waals surface area contributed by atoms with E-state index in [9.17, 15) is 0 Å². The van der Waals surface area contributed by atoms with E-state index in [0.29, 0.717) is 5.92 Å². The summed E-state index contributed by atoms with van der Waals surface area (Å²) >= 11 is 2.39. The molecule has 20 heavy (non-hydrogen) atoms. The molecule has 1 heterocycles. The summed E-state index contributed by atoms with van der Waals surface area (Å²) in [5.41, 5.74) is 3.59. The maximum Gasteiger partial charge on any atom is 0.123 e. The molecular weight excluding hydrogens is 361 g/mol.